The first-order chi connectivity index (χ1) is 12.5. The predicted octanol–water partition coefficient (Wildman–Crippen LogP) is 1.19. The summed E-state index contributed by atoms with van der Waals surface area (Å²) in [6.07, 6.45) is 0.460. The molecule has 26 heavy (non-hydrogen) atoms. The number of fused-ring (bicyclic) bond motifs is 1. The maximum absolute atomic E-state index is 12.3. The first-order valence-electron chi connectivity index (χ1n) is 8.28. The number of hydrogen-bond donors (Lipinski definition) is 4. The van der Waals surface area contributed by atoms with Crippen molar-refractivity contribution in [1.29, 1.82) is 0 Å². The van der Waals surface area contributed by atoms with E-state index in [9.17, 15) is 19.5 Å². The smallest absolute Gasteiger partial charge is 0.254 e. The van der Waals surface area contributed by atoms with Crippen LogP contribution in [-0.4, -0.2) is 35.4 Å². The van der Waals surface area contributed by atoms with Crippen LogP contribution in [0.2, 0.25) is 0 Å². The lowest BCUT2D eigenvalue weighted by atomic mass is 10.1. The van der Waals surface area contributed by atoms with E-state index in [0.717, 1.165) is 5.56 Å². The van der Waals surface area contributed by atoms with Gasteiger partial charge in [0, 0.05) is 6.54 Å². The van der Waals surface area contributed by atoms with Gasteiger partial charge in [-0.2, -0.15) is 0 Å². The average molecular weight is 353 g/mol. The Hall–Kier alpha value is -3.35. The highest BCUT2D eigenvalue weighted by Gasteiger charge is 2.29. The van der Waals surface area contributed by atoms with Crippen molar-refractivity contribution >= 4 is 23.4 Å². The van der Waals surface area contributed by atoms with Gasteiger partial charge in [0.1, 0.15) is 11.8 Å². The highest BCUT2D eigenvalue weighted by atomic mass is 16.3. The fourth-order valence-corrected chi connectivity index (χ4v) is 2.72. The number of carbonyl (C=O) groups excluding carboxylic acids is 3. The monoisotopic (exact) mass is 353 g/mol. The molecule has 0 aromatic heterocycles. The number of hydrogen-bond acceptors (Lipinski definition) is 4. The van der Waals surface area contributed by atoms with E-state index in [-0.39, 0.29) is 24.0 Å². The molecular formula is C19H19N3O4. The molecule has 2 aromatic carbocycles. The summed E-state index contributed by atoms with van der Waals surface area (Å²) in [5.74, 6) is -0.943. The average Bonchev–Trinajstić information content (AvgIpc) is 2.74. The quantitative estimate of drug-likeness (QED) is 0.648. The topological polar surface area (TPSA) is 108 Å². The van der Waals surface area contributed by atoms with Crippen molar-refractivity contribution in [2.24, 2.45) is 0 Å². The van der Waals surface area contributed by atoms with Gasteiger partial charge in [0.05, 0.1) is 17.7 Å². The summed E-state index contributed by atoms with van der Waals surface area (Å²) in [4.78, 5) is 36.6. The molecule has 1 aliphatic rings. The highest BCUT2D eigenvalue weighted by Crippen LogP contribution is 2.18. The number of phenolic OH excluding ortho intramolecular Hbond substituents is 1. The fraction of sp³-hybridized carbons (Fsp3) is 0.211. The van der Waals surface area contributed by atoms with Crippen molar-refractivity contribution in [1.82, 2.24) is 10.6 Å². The molecule has 1 aliphatic heterocycles. The molecule has 0 spiro atoms. The maximum Gasteiger partial charge on any atom is 0.254 e. The van der Waals surface area contributed by atoms with Crippen LogP contribution in [-0.2, 0) is 16.0 Å². The van der Waals surface area contributed by atoms with Crippen LogP contribution < -0.4 is 16.0 Å². The van der Waals surface area contributed by atoms with Crippen molar-refractivity contribution < 1.29 is 19.5 Å². The molecule has 0 bridgehead atoms. The van der Waals surface area contributed by atoms with Gasteiger partial charge in [-0.1, -0.05) is 24.3 Å². The third kappa shape index (κ3) is 4.18. The molecule has 3 rings (SSSR count). The molecule has 7 heteroatoms. The maximum atomic E-state index is 12.3. The highest BCUT2D eigenvalue weighted by molar-refractivity contribution is 6.10. The molecule has 0 saturated heterocycles. The van der Waals surface area contributed by atoms with Crippen LogP contribution in [0.25, 0.3) is 0 Å². The largest absolute Gasteiger partial charge is 0.508 e. The molecule has 1 atom stereocenters. The van der Waals surface area contributed by atoms with E-state index in [0.29, 0.717) is 24.2 Å². The zero-order valence-electron chi connectivity index (χ0n) is 14.0. The number of benzene rings is 2. The number of para-hydroxylation sites is 1. The molecule has 0 radical (unpaired) electrons. The van der Waals surface area contributed by atoms with Crippen molar-refractivity contribution in [3.8, 4) is 5.75 Å². The minimum absolute atomic E-state index is 0.138. The van der Waals surface area contributed by atoms with Gasteiger partial charge in [0.2, 0.25) is 11.8 Å². The second-order valence-electron chi connectivity index (χ2n) is 6.03. The van der Waals surface area contributed by atoms with Gasteiger partial charge in [0.15, 0.2) is 0 Å². The van der Waals surface area contributed by atoms with Gasteiger partial charge in [-0.25, -0.2) is 0 Å². The summed E-state index contributed by atoms with van der Waals surface area (Å²) in [7, 11) is 0. The van der Waals surface area contributed by atoms with Crippen LogP contribution in [0.4, 0.5) is 5.69 Å². The summed E-state index contributed by atoms with van der Waals surface area (Å²) in [6, 6.07) is 12.5. The van der Waals surface area contributed by atoms with Crippen LogP contribution in [0.5, 0.6) is 5.75 Å². The van der Waals surface area contributed by atoms with Crippen molar-refractivity contribution in [2.75, 3.05) is 11.9 Å². The van der Waals surface area contributed by atoms with Crippen LogP contribution >= 0.6 is 0 Å². The molecule has 2 aromatic rings. The number of amides is 3. The van der Waals surface area contributed by atoms with E-state index in [1.54, 1.807) is 48.5 Å². The Balaban J connectivity index is 1.53. The van der Waals surface area contributed by atoms with Crippen molar-refractivity contribution in [2.45, 2.75) is 18.9 Å². The molecule has 7 nitrogen and oxygen atoms in total. The summed E-state index contributed by atoms with van der Waals surface area (Å²) >= 11 is 0. The van der Waals surface area contributed by atoms with Crippen LogP contribution in [0.3, 0.4) is 0 Å². The van der Waals surface area contributed by atoms with E-state index >= 15 is 0 Å². The second kappa shape index (κ2) is 7.69. The summed E-state index contributed by atoms with van der Waals surface area (Å²) in [5.41, 5.74) is 1.78. The number of rotatable bonds is 5. The van der Waals surface area contributed by atoms with E-state index in [4.69, 9.17) is 0 Å². The lowest BCUT2D eigenvalue weighted by Crippen LogP contribution is -2.44. The molecule has 3 amide bonds. The molecule has 134 valence electrons. The molecular weight excluding hydrogens is 334 g/mol. The Bertz CT molecular complexity index is 833. The number of nitrogens with one attached hydrogen (secondary N) is 3. The van der Waals surface area contributed by atoms with Gasteiger partial charge in [-0.05, 0) is 36.2 Å². The number of phenols is 1. The normalized spacial score (nSPS) is 16.1. The summed E-state index contributed by atoms with van der Waals surface area (Å²) in [5, 5.41) is 17.2. The first-order valence-corrected chi connectivity index (χ1v) is 8.28. The van der Waals surface area contributed by atoms with Crippen LogP contribution in [0, 0.1) is 0 Å². The van der Waals surface area contributed by atoms with E-state index in [1.165, 1.54) is 0 Å². The Morgan fingerprint density at radius 1 is 1.08 bits per heavy atom. The Kier molecular flexibility index (Phi) is 5.17. The number of anilines is 1. The summed E-state index contributed by atoms with van der Waals surface area (Å²) < 4.78 is 0. The minimum atomic E-state index is -0.927. The lowest BCUT2D eigenvalue weighted by Gasteiger charge is -2.14. The van der Waals surface area contributed by atoms with Crippen LogP contribution in [0.1, 0.15) is 22.3 Å². The Morgan fingerprint density at radius 2 is 1.81 bits per heavy atom. The standard InChI is InChI=1S/C19H19N3O4/c23-13-7-5-12(6-8-13)9-10-20-17(24)11-16-19(26)21-15-4-2-1-3-14(15)18(25)22-16/h1-8,16,23H,9-11H2,(H,20,24)(H,21,26)(H,22,25)/t16-/m1/s1. The molecule has 0 aliphatic carbocycles. The molecule has 0 fully saturated rings. The zero-order valence-corrected chi connectivity index (χ0v) is 14.0. The van der Waals surface area contributed by atoms with Gasteiger partial charge in [-0.3, -0.25) is 14.4 Å². The van der Waals surface area contributed by atoms with Gasteiger partial charge < -0.3 is 21.1 Å². The van der Waals surface area contributed by atoms with Crippen LogP contribution in [0.15, 0.2) is 48.5 Å². The molecule has 1 heterocycles. The molecule has 0 unspecified atom stereocenters. The van der Waals surface area contributed by atoms with E-state index < -0.39 is 11.9 Å². The number of carbonyl (C=O) groups is 3. The first kappa shape index (κ1) is 17.5. The predicted molar refractivity (Wildman–Crippen MR) is 95.8 cm³/mol. The third-order valence-electron chi connectivity index (χ3n) is 4.11. The SMILES string of the molecule is O=C(C[C@H]1NC(=O)c2ccccc2NC1=O)NCCc1ccc(O)cc1. The van der Waals surface area contributed by atoms with Gasteiger partial charge in [0.25, 0.3) is 5.91 Å². The van der Waals surface area contributed by atoms with Gasteiger partial charge in [-0.15, -0.1) is 0 Å². The summed E-state index contributed by atoms with van der Waals surface area (Å²) in [6.45, 7) is 0.395. The minimum Gasteiger partial charge on any atom is -0.508 e. The van der Waals surface area contributed by atoms with Crippen molar-refractivity contribution in [3.63, 3.8) is 0 Å². The second-order valence-corrected chi connectivity index (χ2v) is 6.03. The van der Waals surface area contributed by atoms with E-state index in [1.807, 2.05) is 0 Å². The Morgan fingerprint density at radius 3 is 2.58 bits per heavy atom. The molecule has 0 saturated carbocycles. The zero-order chi connectivity index (χ0) is 18.5. The van der Waals surface area contributed by atoms with Gasteiger partial charge >= 0.3 is 0 Å². The molecule has 4 N–H and O–H groups in total. The Labute approximate surface area is 150 Å². The third-order valence-corrected chi connectivity index (χ3v) is 4.11. The van der Waals surface area contributed by atoms with Crippen molar-refractivity contribution in [3.05, 3.63) is 59.7 Å². The fourth-order valence-electron chi connectivity index (χ4n) is 2.72. The van der Waals surface area contributed by atoms with E-state index in [2.05, 4.69) is 16.0 Å². The lowest BCUT2D eigenvalue weighted by molar-refractivity contribution is -0.125. The number of aromatic hydroxyl groups is 1.